The Labute approximate surface area is 192 Å². The molecule has 2 aliphatic rings. The van der Waals surface area contributed by atoms with Crippen molar-refractivity contribution >= 4 is 17.8 Å². The highest BCUT2D eigenvalue weighted by Gasteiger charge is 2.49. The molecule has 0 spiro atoms. The molecule has 2 aromatic carbocycles. The standard InChI is InChI=1S/C24H27N3O6/c1-23(2,16-7-10-18-19(11-16)33-14-32-18)13-25-20(28)12-27-21(29)24(3,26-22(27)30)15-5-8-17(31-4)9-6-15/h5-11H,12-14H2,1-4H3,(H,25,28)(H,26,30). The van der Waals surface area contributed by atoms with Crippen LogP contribution in [0.3, 0.4) is 0 Å². The number of ether oxygens (including phenoxy) is 3. The zero-order chi connectivity index (χ0) is 23.8. The highest BCUT2D eigenvalue weighted by atomic mass is 16.7. The zero-order valence-corrected chi connectivity index (χ0v) is 19.1. The summed E-state index contributed by atoms with van der Waals surface area (Å²) in [5.74, 6) is 1.09. The molecule has 0 bridgehead atoms. The molecular formula is C24H27N3O6. The van der Waals surface area contributed by atoms with Crippen LogP contribution >= 0.6 is 0 Å². The van der Waals surface area contributed by atoms with Gasteiger partial charge in [-0.25, -0.2) is 4.79 Å². The SMILES string of the molecule is COc1ccc(C2(C)NC(=O)N(CC(=O)NCC(C)(C)c3ccc4c(c3)OCO4)C2=O)cc1. The molecule has 0 aliphatic carbocycles. The van der Waals surface area contributed by atoms with Gasteiger partial charge in [-0.05, 0) is 42.3 Å². The van der Waals surface area contributed by atoms with Crippen molar-refractivity contribution in [2.75, 3.05) is 27.0 Å². The summed E-state index contributed by atoms with van der Waals surface area (Å²) in [5, 5.41) is 5.54. The number of nitrogens with zero attached hydrogens (tertiary/aromatic N) is 1. The number of rotatable bonds is 7. The Hall–Kier alpha value is -3.75. The Morgan fingerprint density at radius 3 is 2.55 bits per heavy atom. The number of benzene rings is 2. The van der Waals surface area contributed by atoms with Crippen molar-refractivity contribution in [3.05, 3.63) is 53.6 Å². The highest BCUT2D eigenvalue weighted by Crippen LogP contribution is 2.36. The fourth-order valence-electron chi connectivity index (χ4n) is 3.90. The van der Waals surface area contributed by atoms with Gasteiger partial charge < -0.3 is 24.8 Å². The van der Waals surface area contributed by atoms with Crippen LogP contribution in [0.15, 0.2) is 42.5 Å². The minimum atomic E-state index is -1.25. The summed E-state index contributed by atoms with van der Waals surface area (Å²) in [4.78, 5) is 39.2. The Morgan fingerprint density at radius 1 is 1.15 bits per heavy atom. The number of hydrogen-bond acceptors (Lipinski definition) is 6. The second-order valence-corrected chi connectivity index (χ2v) is 8.90. The van der Waals surface area contributed by atoms with Crippen LogP contribution < -0.4 is 24.8 Å². The van der Waals surface area contributed by atoms with Gasteiger partial charge in [0.15, 0.2) is 11.5 Å². The Bertz CT molecular complexity index is 1100. The quantitative estimate of drug-likeness (QED) is 0.623. The molecule has 33 heavy (non-hydrogen) atoms. The topological polar surface area (TPSA) is 106 Å². The maximum absolute atomic E-state index is 13.1. The van der Waals surface area contributed by atoms with Crippen molar-refractivity contribution in [3.8, 4) is 17.2 Å². The van der Waals surface area contributed by atoms with E-state index in [0.717, 1.165) is 10.5 Å². The van der Waals surface area contributed by atoms with Gasteiger partial charge in [-0.15, -0.1) is 0 Å². The summed E-state index contributed by atoms with van der Waals surface area (Å²) in [6.45, 7) is 5.73. The van der Waals surface area contributed by atoms with Crippen LogP contribution in [0.1, 0.15) is 31.9 Å². The van der Waals surface area contributed by atoms with Crippen LogP contribution in [-0.2, 0) is 20.5 Å². The number of methoxy groups -OCH3 is 1. The van der Waals surface area contributed by atoms with Gasteiger partial charge in [0.05, 0.1) is 7.11 Å². The second kappa shape index (κ2) is 8.31. The molecule has 0 radical (unpaired) electrons. The molecule has 0 saturated carbocycles. The first-order valence-corrected chi connectivity index (χ1v) is 10.6. The lowest BCUT2D eigenvalue weighted by Gasteiger charge is -2.26. The largest absolute Gasteiger partial charge is 0.497 e. The number of urea groups is 1. The third-order valence-electron chi connectivity index (χ3n) is 6.13. The lowest BCUT2D eigenvalue weighted by molar-refractivity contribution is -0.134. The van der Waals surface area contributed by atoms with Crippen molar-refractivity contribution in [1.82, 2.24) is 15.5 Å². The van der Waals surface area contributed by atoms with Crippen molar-refractivity contribution in [2.45, 2.75) is 31.7 Å². The third kappa shape index (κ3) is 4.18. The minimum Gasteiger partial charge on any atom is -0.497 e. The zero-order valence-electron chi connectivity index (χ0n) is 19.1. The summed E-state index contributed by atoms with van der Waals surface area (Å²) < 4.78 is 15.9. The van der Waals surface area contributed by atoms with Gasteiger partial charge in [0.25, 0.3) is 5.91 Å². The number of fused-ring (bicyclic) bond motifs is 1. The molecule has 1 saturated heterocycles. The lowest BCUT2D eigenvalue weighted by atomic mass is 9.84. The molecule has 0 aromatic heterocycles. The first-order chi connectivity index (χ1) is 15.6. The van der Waals surface area contributed by atoms with E-state index >= 15 is 0 Å². The molecule has 1 atom stereocenters. The van der Waals surface area contributed by atoms with Crippen molar-refractivity contribution in [3.63, 3.8) is 0 Å². The summed E-state index contributed by atoms with van der Waals surface area (Å²) in [6, 6.07) is 11.9. The maximum atomic E-state index is 13.1. The van der Waals surface area contributed by atoms with E-state index in [0.29, 0.717) is 29.4 Å². The van der Waals surface area contributed by atoms with Crippen LogP contribution in [-0.4, -0.2) is 49.7 Å². The van der Waals surface area contributed by atoms with Gasteiger partial charge in [0, 0.05) is 12.0 Å². The fraction of sp³-hybridized carbons (Fsp3) is 0.375. The summed E-state index contributed by atoms with van der Waals surface area (Å²) >= 11 is 0. The van der Waals surface area contributed by atoms with Gasteiger partial charge in [0.1, 0.15) is 17.8 Å². The Kier molecular flexibility index (Phi) is 5.65. The second-order valence-electron chi connectivity index (χ2n) is 8.90. The number of carbonyl (C=O) groups is 3. The van der Waals surface area contributed by atoms with Gasteiger partial charge in [-0.1, -0.05) is 32.0 Å². The van der Waals surface area contributed by atoms with Crippen LogP contribution in [0.4, 0.5) is 4.79 Å². The monoisotopic (exact) mass is 453 g/mol. The number of amides is 4. The Balaban J connectivity index is 1.39. The fourth-order valence-corrected chi connectivity index (χ4v) is 3.90. The summed E-state index contributed by atoms with van der Waals surface area (Å²) in [5.41, 5.74) is -0.0939. The summed E-state index contributed by atoms with van der Waals surface area (Å²) in [6.07, 6.45) is 0. The van der Waals surface area contributed by atoms with Gasteiger partial charge in [0.2, 0.25) is 12.7 Å². The number of carbonyl (C=O) groups excluding carboxylic acids is 3. The number of nitrogens with one attached hydrogen (secondary N) is 2. The van der Waals surface area contributed by atoms with E-state index in [1.165, 1.54) is 0 Å². The first kappa shape index (κ1) is 22.4. The average Bonchev–Trinajstić information content (AvgIpc) is 3.36. The smallest absolute Gasteiger partial charge is 0.325 e. The van der Waals surface area contributed by atoms with Crippen molar-refractivity contribution in [1.29, 1.82) is 0 Å². The van der Waals surface area contributed by atoms with E-state index in [4.69, 9.17) is 14.2 Å². The third-order valence-corrected chi connectivity index (χ3v) is 6.13. The predicted octanol–water partition coefficient (Wildman–Crippen LogP) is 2.28. The van der Waals surface area contributed by atoms with E-state index in [9.17, 15) is 14.4 Å². The van der Waals surface area contributed by atoms with Gasteiger partial charge in [-0.3, -0.25) is 14.5 Å². The van der Waals surface area contributed by atoms with E-state index in [-0.39, 0.29) is 13.3 Å². The van der Waals surface area contributed by atoms with Crippen LogP contribution in [0.25, 0.3) is 0 Å². The molecular weight excluding hydrogens is 426 g/mol. The van der Waals surface area contributed by atoms with Crippen molar-refractivity contribution in [2.24, 2.45) is 0 Å². The molecule has 2 aliphatic heterocycles. The lowest BCUT2D eigenvalue weighted by Crippen LogP contribution is -2.45. The van der Waals surface area contributed by atoms with Crippen LogP contribution in [0, 0.1) is 0 Å². The number of hydrogen-bond donors (Lipinski definition) is 2. The van der Waals surface area contributed by atoms with Gasteiger partial charge in [-0.2, -0.15) is 0 Å². The predicted molar refractivity (Wildman–Crippen MR) is 119 cm³/mol. The molecule has 1 fully saturated rings. The molecule has 2 N–H and O–H groups in total. The van der Waals surface area contributed by atoms with E-state index in [2.05, 4.69) is 10.6 Å². The molecule has 2 aromatic rings. The molecule has 2 heterocycles. The normalized spacial score (nSPS) is 19.5. The number of imide groups is 1. The Morgan fingerprint density at radius 2 is 1.85 bits per heavy atom. The first-order valence-electron chi connectivity index (χ1n) is 10.6. The van der Waals surface area contributed by atoms with Gasteiger partial charge >= 0.3 is 6.03 Å². The average molecular weight is 453 g/mol. The van der Waals surface area contributed by atoms with E-state index in [1.54, 1.807) is 38.3 Å². The molecule has 4 amide bonds. The minimum absolute atomic E-state index is 0.192. The molecule has 9 heteroatoms. The van der Waals surface area contributed by atoms with Crippen LogP contribution in [0.2, 0.25) is 0 Å². The van der Waals surface area contributed by atoms with E-state index < -0.39 is 28.8 Å². The molecule has 4 rings (SSSR count). The molecule has 1 unspecified atom stereocenters. The van der Waals surface area contributed by atoms with Crippen LogP contribution in [0.5, 0.6) is 17.2 Å². The van der Waals surface area contributed by atoms with E-state index in [1.807, 2.05) is 32.0 Å². The molecule has 9 nitrogen and oxygen atoms in total. The summed E-state index contributed by atoms with van der Waals surface area (Å²) in [7, 11) is 1.55. The van der Waals surface area contributed by atoms with Crippen molar-refractivity contribution < 1.29 is 28.6 Å². The molecule has 174 valence electrons. The highest BCUT2D eigenvalue weighted by molar-refractivity contribution is 6.09. The maximum Gasteiger partial charge on any atom is 0.325 e.